The summed E-state index contributed by atoms with van der Waals surface area (Å²) < 4.78 is 5.28. The Balaban J connectivity index is 1.69. The third-order valence-electron chi connectivity index (χ3n) is 12.0. The lowest BCUT2D eigenvalue weighted by Gasteiger charge is -2.41. The normalized spacial score (nSPS) is 13.1. The molecule has 0 bridgehead atoms. The molecule has 1 aliphatic rings. The summed E-state index contributed by atoms with van der Waals surface area (Å²) in [6.07, 6.45) is 0.963. The van der Waals surface area contributed by atoms with Crippen molar-refractivity contribution in [2.45, 2.75) is 83.1 Å². The molecule has 5 aromatic carbocycles. The number of fused-ring (bicyclic) bond motifs is 3. The molecule has 2 heterocycles. The first kappa shape index (κ1) is 33.9. The number of rotatable bonds is 5. The first-order valence-corrected chi connectivity index (χ1v) is 18.4. The Morgan fingerprint density at radius 2 is 0.860 bits per heavy atom. The standard InChI is InChI=1S/C46H52B2N2/c1-27-18-31(5)42(32(6)19-27)47(43-33(7)20-28(2)21-34(43)8)41-26-50-46(49(41)13)39-16-14-15-17-40(39)48(50,44-35(9)22-29(3)23-36(44)10)45-37(11)24-30(4)25-38(45)12/h14-26H,1-13H3. The van der Waals surface area contributed by atoms with E-state index in [-0.39, 0.29) is 6.71 Å². The van der Waals surface area contributed by atoms with Crippen LogP contribution in [-0.2, 0) is 7.05 Å². The van der Waals surface area contributed by atoms with Crippen LogP contribution in [0.3, 0.4) is 0 Å². The van der Waals surface area contributed by atoms with E-state index < -0.39 is 6.28 Å². The highest BCUT2D eigenvalue weighted by atomic mass is 15.1. The molecule has 0 spiro atoms. The zero-order valence-electron chi connectivity index (χ0n) is 32.6. The van der Waals surface area contributed by atoms with Gasteiger partial charge in [-0.1, -0.05) is 144 Å². The predicted octanol–water partition coefficient (Wildman–Crippen LogP) is 6.03. The van der Waals surface area contributed by atoms with Crippen molar-refractivity contribution in [2.75, 3.05) is 0 Å². The van der Waals surface area contributed by atoms with Crippen LogP contribution in [0.4, 0.5) is 0 Å². The number of hydrogen-bond acceptors (Lipinski definition) is 0. The first-order chi connectivity index (χ1) is 23.7. The van der Waals surface area contributed by atoms with E-state index in [0.717, 1.165) is 0 Å². The molecule has 50 heavy (non-hydrogen) atoms. The van der Waals surface area contributed by atoms with Crippen molar-refractivity contribution in [1.29, 1.82) is 0 Å². The molecule has 7 rings (SSSR count). The van der Waals surface area contributed by atoms with E-state index in [1.165, 1.54) is 111 Å². The molecule has 1 aliphatic heterocycles. The molecule has 0 aliphatic carbocycles. The molecule has 0 amide bonds. The Hall–Kier alpha value is -4.56. The van der Waals surface area contributed by atoms with Gasteiger partial charge in [0.2, 0.25) is 5.82 Å². The number of hydrogen-bond donors (Lipinski definition) is 0. The van der Waals surface area contributed by atoms with Crippen LogP contribution in [0.25, 0.3) is 11.4 Å². The molecule has 2 nitrogen and oxygen atoms in total. The molecule has 0 fully saturated rings. The van der Waals surface area contributed by atoms with Crippen LogP contribution < -0.4 is 37.4 Å². The van der Waals surface area contributed by atoms with Gasteiger partial charge >= 0.3 is 0 Å². The minimum absolute atomic E-state index is 0.0698. The molecule has 0 N–H and O–H groups in total. The fourth-order valence-corrected chi connectivity index (χ4v) is 10.9. The van der Waals surface area contributed by atoms with Gasteiger partial charge in [-0.05, 0) is 89.2 Å². The minimum atomic E-state index is -1.60. The van der Waals surface area contributed by atoms with Crippen LogP contribution in [0.1, 0.15) is 66.8 Å². The summed E-state index contributed by atoms with van der Waals surface area (Å²) in [5, 5.41) is 0. The van der Waals surface area contributed by atoms with E-state index >= 15 is 0 Å². The van der Waals surface area contributed by atoms with Gasteiger partial charge < -0.3 is 4.48 Å². The molecule has 1 aromatic heterocycles. The number of aromatic nitrogens is 2. The van der Waals surface area contributed by atoms with Gasteiger partial charge in [0.1, 0.15) is 5.59 Å². The zero-order valence-corrected chi connectivity index (χ0v) is 32.6. The van der Waals surface area contributed by atoms with Crippen molar-refractivity contribution < 1.29 is 4.48 Å². The summed E-state index contributed by atoms with van der Waals surface area (Å²) in [5.41, 5.74) is 25.9. The Morgan fingerprint density at radius 1 is 0.500 bits per heavy atom. The summed E-state index contributed by atoms with van der Waals surface area (Å²) in [7, 11) is 2.32. The second-order valence-electron chi connectivity index (χ2n) is 15.9. The summed E-state index contributed by atoms with van der Waals surface area (Å²) in [4.78, 5) is 0. The first-order valence-electron chi connectivity index (χ1n) is 18.4. The fourth-order valence-electron chi connectivity index (χ4n) is 10.9. The lowest BCUT2D eigenvalue weighted by Crippen LogP contribution is -2.84. The van der Waals surface area contributed by atoms with E-state index in [1.807, 2.05) is 0 Å². The van der Waals surface area contributed by atoms with Gasteiger partial charge in [-0.3, -0.25) is 0 Å². The van der Waals surface area contributed by atoms with Crippen LogP contribution in [0.5, 0.6) is 0 Å². The second-order valence-corrected chi connectivity index (χ2v) is 15.9. The van der Waals surface area contributed by atoms with Gasteiger partial charge in [0.15, 0.2) is 0 Å². The molecule has 4 heteroatoms. The van der Waals surface area contributed by atoms with Gasteiger partial charge in [-0.25, -0.2) is 4.57 Å². The van der Waals surface area contributed by atoms with E-state index in [0.29, 0.717) is 0 Å². The maximum atomic E-state index is 2.74. The molecule has 0 atom stereocenters. The lowest BCUT2D eigenvalue weighted by molar-refractivity contribution is -0.522. The quantitative estimate of drug-likeness (QED) is 0.201. The highest BCUT2D eigenvalue weighted by Crippen LogP contribution is 2.28. The number of aryl methyl sites for hydroxylation is 12. The van der Waals surface area contributed by atoms with Crippen LogP contribution >= 0.6 is 0 Å². The fraction of sp³-hybridized carbons (Fsp3) is 0.283. The van der Waals surface area contributed by atoms with E-state index in [9.17, 15) is 0 Å². The van der Waals surface area contributed by atoms with Gasteiger partial charge in [-0.15, -0.1) is 16.4 Å². The van der Waals surface area contributed by atoms with Crippen molar-refractivity contribution in [3.8, 4) is 11.4 Å². The van der Waals surface area contributed by atoms with Crippen molar-refractivity contribution in [1.82, 2.24) is 4.57 Å². The third-order valence-corrected chi connectivity index (χ3v) is 12.0. The monoisotopic (exact) mass is 654 g/mol. The Kier molecular flexibility index (Phi) is 8.17. The number of nitrogens with zero attached hydrogens (tertiary/aromatic N) is 2. The minimum Gasteiger partial charge on any atom is -0.416 e. The number of benzene rings is 5. The molecule has 252 valence electrons. The molecular weight excluding hydrogens is 602 g/mol. The Labute approximate surface area is 301 Å². The summed E-state index contributed by atoms with van der Waals surface area (Å²) in [6.45, 7) is 27.6. The second kappa shape index (κ2) is 12.0. The molecule has 0 saturated carbocycles. The topological polar surface area (TPSA) is 8.81 Å². The molecule has 0 unspecified atom stereocenters. The van der Waals surface area contributed by atoms with Crippen molar-refractivity contribution in [3.63, 3.8) is 0 Å². The van der Waals surface area contributed by atoms with Crippen LogP contribution in [0, 0.1) is 83.1 Å². The third kappa shape index (κ3) is 4.89. The van der Waals surface area contributed by atoms with Crippen molar-refractivity contribution in [3.05, 3.63) is 146 Å². The molecule has 0 radical (unpaired) electrons. The van der Waals surface area contributed by atoms with Gasteiger partial charge in [0.05, 0.1) is 13.2 Å². The van der Waals surface area contributed by atoms with E-state index in [2.05, 4.69) is 178 Å². The SMILES string of the molecule is Cc1cc(C)c(B(c2c(C)cc(C)cc2C)c2c[n+]3c(n2C)-c2ccccc2[B-]3(c2c(C)cc(C)cc2C)c2c(C)cc(C)cc2C)c(C)c1. The molecule has 0 saturated heterocycles. The lowest BCUT2D eigenvalue weighted by atomic mass is 9.22. The van der Waals surface area contributed by atoms with Crippen LogP contribution in [0.15, 0.2) is 79.0 Å². The maximum absolute atomic E-state index is 2.74. The van der Waals surface area contributed by atoms with Gasteiger partial charge in [0, 0.05) is 5.56 Å². The van der Waals surface area contributed by atoms with Crippen molar-refractivity contribution >= 4 is 45.9 Å². The highest BCUT2D eigenvalue weighted by Gasteiger charge is 2.51. The Bertz CT molecular complexity index is 2170. The predicted molar refractivity (Wildman–Crippen MR) is 218 cm³/mol. The Morgan fingerprint density at radius 3 is 1.26 bits per heavy atom. The van der Waals surface area contributed by atoms with Crippen molar-refractivity contribution in [2.24, 2.45) is 7.05 Å². The van der Waals surface area contributed by atoms with Gasteiger partial charge in [0.25, 0.3) is 13.0 Å². The van der Waals surface area contributed by atoms with E-state index in [4.69, 9.17) is 0 Å². The summed E-state index contributed by atoms with van der Waals surface area (Å²) >= 11 is 0. The summed E-state index contributed by atoms with van der Waals surface area (Å²) in [5.74, 6) is 1.28. The van der Waals surface area contributed by atoms with Gasteiger partial charge in [-0.2, -0.15) is 0 Å². The van der Waals surface area contributed by atoms with Crippen LogP contribution in [-0.4, -0.2) is 17.6 Å². The average molecular weight is 655 g/mol. The molecule has 6 aromatic rings. The zero-order chi connectivity index (χ0) is 36.0. The maximum Gasteiger partial charge on any atom is 0.298 e. The van der Waals surface area contributed by atoms with E-state index in [1.54, 1.807) is 0 Å². The van der Waals surface area contributed by atoms with Crippen LogP contribution in [0.2, 0.25) is 0 Å². The number of imidazole rings is 1. The average Bonchev–Trinajstić information content (AvgIpc) is 3.47. The highest BCUT2D eigenvalue weighted by molar-refractivity contribution is 7.08. The smallest absolute Gasteiger partial charge is 0.298 e. The molecular formula is C46H52B2N2. The largest absolute Gasteiger partial charge is 0.416 e. The summed E-state index contributed by atoms with van der Waals surface area (Å²) in [6, 6.07) is 28.4.